The van der Waals surface area contributed by atoms with Crippen molar-refractivity contribution in [2.45, 2.75) is 51.6 Å². The molecule has 6 nitrogen and oxygen atoms in total. The Kier molecular flexibility index (Phi) is 4.89. The van der Waals surface area contributed by atoms with Crippen LogP contribution in [-0.2, 0) is 16.6 Å². The van der Waals surface area contributed by atoms with Crippen LogP contribution < -0.4 is 5.73 Å². The zero-order valence-electron chi connectivity index (χ0n) is 11.4. The third kappa shape index (κ3) is 2.73. The summed E-state index contributed by atoms with van der Waals surface area (Å²) in [6.45, 7) is 7.99. The second-order valence-electron chi connectivity index (χ2n) is 4.54. The first-order chi connectivity index (χ1) is 8.36. The van der Waals surface area contributed by atoms with Crippen molar-refractivity contribution in [2.75, 3.05) is 6.54 Å². The Bertz CT molecular complexity index is 493. The molecule has 0 radical (unpaired) electrons. The maximum absolute atomic E-state index is 12.6. The maximum atomic E-state index is 12.6. The van der Waals surface area contributed by atoms with Crippen LogP contribution in [0.3, 0.4) is 0 Å². The predicted molar refractivity (Wildman–Crippen MR) is 70.5 cm³/mol. The molecule has 0 aromatic carbocycles. The van der Waals surface area contributed by atoms with Crippen LogP contribution in [0.5, 0.6) is 0 Å². The van der Waals surface area contributed by atoms with Gasteiger partial charge in [-0.1, -0.05) is 6.92 Å². The number of nitrogens with one attached hydrogen (secondary N) is 1. The molecular formula is C11H22N4O2S. The first-order valence-corrected chi connectivity index (χ1v) is 7.56. The Morgan fingerprint density at radius 3 is 2.50 bits per heavy atom. The number of H-pyrrole nitrogens is 1. The third-order valence-electron chi connectivity index (χ3n) is 2.74. The fourth-order valence-corrected chi connectivity index (χ4v) is 4.02. The van der Waals surface area contributed by atoms with Gasteiger partial charge >= 0.3 is 0 Å². The van der Waals surface area contributed by atoms with Crippen molar-refractivity contribution in [1.82, 2.24) is 14.5 Å². The Balaban J connectivity index is 3.30. The number of nitrogens with zero attached hydrogens (tertiary/aromatic N) is 2. The van der Waals surface area contributed by atoms with E-state index in [2.05, 4.69) is 10.2 Å². The SMILES string of the molecule is CCCN(C(C)C)S(=O)(=O)c1c(CN)n[nH]c1C. The van der Waals surface area contributed by atoms with Gasteiger partial charge in [-0.05, 0) is 27.2 Å². The van der Waals surface area contributed by atoms with Crippen molar-refractivity contribution in [1.29, 1.82) is 0 Å². The van der Waals surface area contributed by atoms with Gasteiger partial charge in [-0.15, -0.1) is 0 Å². The molecule has 1 heterocycles. The average Bonchev–Trinajstić information content (AvgIpc) is 2.67. The van der Waals surface area contributed by atoms with E-state index in [0.717, 1.165) is 6.42 Å². The fourth-order valence-electron chi connectivity index (χ4n) is 1.94. The molecule has 1 aromatic rings. The molecule has 104 valence electrons. The summed E-state index contributed by atoms with van der Waals surface area (Å²) >= 11 is 0. The molecular weight excluding hydrogens is 252 g/mol. The van der Waals surface area contributed by atoms with Crippen molar-refractivity contribution in [3.63, 3.8) is 0 Å². The van der Waals surface area contributed by atoms with Gasteiger partial charge in [0.25, 0.3) is 0 Å². The maximum Gasteiger partial charge on any atom is 0.247 e. The number of rotatable bonds is 6. The summed E-state index contributed by atoms with van der Waals surface area (Å²) in [7, 11) is -3.53. The summed E-state index contributed by atoms with van der Waals surface area (Å²) in [5, 5.41) is 6.64. The quantitative estimate of drug-likeness (QED) is 0.809. The van der Waals surface area contributed by atoms with E-state index < -0.39 is 10.0 Å². The van der Waals surface area contributed by atoms with E-state index in [1.807, 2.05) is 20.8 Å². The monoisotopic (exact) mass is 274 g/mol. The number of hydrogen-bond donors (Lipinski definition) is 2. The topological polar surface area (TPSA) is 92.1 Å². The lowest BCUT2D eigenvalue weighted by Crippen LogP contribution is -2.38. The number of aromatic nitrogens is 2. The molecule has 0 atom stereocenters. The Labute approximate surface area is 109 Å². The largest absolute Gasteiger partial charge is 0.325 e. The number of nitrogens with two attached hydrogens (primary N) is 1. The molecule has 0 aliphatic rings. The molecule has 3 N–H and O–H groups in total. The van der Waals surface area contributed by atoms with Gasteiger partial charge in [0.2, 0.25) is 10.0 Å². The third-order valence-corrected chi connectivity index (χ3v) is 5.02. The molecule has 0 saturated heterocycles. The molecule has 0 fully saturated rings. The van der Waals surface area contributed by atoms with Crippen molar-refractivity contribution < 1.29 is 8.42 Å². The van der Waals surface area contributed by atoms with Gasteiger partial charge in [-0.3, -0.25) is 5.10 Å². The minimum absolute atomic E-state index is 0.0881. The number of hydrogen-bond acceptors (Lipinski definition) is 4. The predicted octanol–water partition coefficient (Wildman–Crippen LogP) is 0.986. The molecule has 0 amide bonds. The van der Waals surface area contributed by atoms with Gasteiger partial charge in [0.1, 0.15) is 4.90 Å². The summed E-state index contributed by atoms with van der Waals surface area (Å²) in [4.78, 5) is 0.229. The molecule has 18 heavy (non-hydrogen) atoms. The Morgan fingerprint density at radius 2 is 2.06 bits per heavy atom. The Hall–Kier alpha value is -0.920. The van der Waals surface area contributed by atoms with Crippen LogP contribution >= 0.6 is 0 Å². The van der Waals surface area contributed by atoms with E-state index >= 15 is 0 Å². The highest BCUT2D eigenvalue weighted by molar-refractivity contribution is 7.89. The molecule has 0 bridgehead atoms. The average molecular weight is 274 g/mol. The molecule has 7 heteroatoms. The first-order valence-electron chi connectivity index (χ1n) is 6.12. The lowest BCUT2D eigenvalue weighted by molar-refractivity contribution is 0.353. The summed E-state index contributed by atoms with van der Waals surface area (Å²) < 4.78 is 26.8. The smallest absolute Gasteiger partial charge is 0.247 e. The van der Waals surface area contributed by atoms with Crippen molar-refractivity contribution in [2.24, 2.45) is 5.73 Å². The van der Waals surface area contributed by atoms with Gasteiger partial charge in [0.05, 0.1) is 11.4 Å². The molecule has 0 spiro atoms. The second-order valence-corrected chi connectivity index (χ2v) is 6.37. The van der Waals surface area contributed by atoms with E-state index in [-0.39, 0.29) is 17.5 Å². The highest BCUT2D eigenvalue weighted by atomic mass is 32.2. The summed E-state index contributed by atoms with van der Waals surface area (Å²) in [6, 6.07) is -0.0881. The summed E-state index contributed by atoms with van der Waals surface area (Å²) in [5.74, 6) is 0. The van der Waals surface area contributed by atoms with Gasteiger partial charge in [-0.2, -0.15) is 9.40 Å². The lowest BCUT2D eigenvalue weighted by Gasteiger charge is -2.25. The van der Waals surface area contributed by atoms with Crippen molar-refractivity contribution in [3.8, 4) is 0 Å². The van der Waals surface area contributed by atoms with Crippen molar-refractivity contribution >= 4 is 10.0 Å². The van der Waals surface area contributed by atoms with Crippen LogP contribution in [0.1, 0.15) is 38.6 Å². The van der Waals surface area contributed by atoms with Crippen LogP contribution in [0.15, 0.2) is 4.90 Å². The van der Waals surface area contributed by atoms with E-state index in [1.165, 1.54) is 4.31 Å². The van der Waals surface area contributed by atoms with Gasteiger partial charge in [0, 0.05) is 19.1 Å². The van der Waals surface area contributed by atoms with Crippen LogP contribution in [0, 0.1) is 6.92 Å². The number of sulfonamides is 1. The lowest BCUT2D eigenvalue weighted by atomic mass is 10.3. The number of aryl methyl sites for hydroxylation is 1. The molecule has 0 aliphatic carbocycles. The van der Waals surface area contributed by atoms with E-state index in [1.54, 1.807) is 6.92 Å². The molecule has 0 saturated carbocycles. The van der Waals surface area contributed by atoms with E-state index in [0.29, 0.717) is 17.9 Å². The van der Waals surface area contributed by atoms with E-state index in [9.17, 15) is 8.42 Å². The van der Waals surface area contributed by atoms with E-state index in [4.69, 9.17) is 5.73 Å². The summed E-state index contributed by atoms with van der Waals surface area (Å²) in [6.07, 6.45) is 0.770. The highest BCUT2D eigenvalue weighted by Crippen LogP contribution is 2.23. The minimum atomic E-state index is -3.53. The minimum Gasteiger partial charge on any atom is -0.325 e. The summed E-state index contributed by atoms with van der Waals surface area (Å²) in [5.41, 5.74) is 6.48. The van der Waals surface area contributed by atoms with Gasteiger partial charge in [-0.25, -0.2) is 8.42 Å². The highest BCUT2D eigenvalue weighted by Gasteiger charge is 2.31. The van der Waals surface area contributed by atoms with Crippen LogP contribution in [0.25, 0.3) is 0 Å². The standard InChI is InChI=1S/C11H22N4O2S/c1-5-6-15(8(2)3)18(16,17)11-9(4)13-14-10(11)7-12/h8H,5-7,12H2,1-4H3,(H,13,14). The zero-order chi connectivity index (χ0) is 13.9. The fraction of sp³-hybridized carbons (Fsp3) is 0.727. The molecule has 1 rings (SSSR count). The Morgan fingerprint density at radius 1 is 1.44 bits per heavy atom. The van der Waals surface area contributed by atoms with Crippen LogP contribution in [0.4, 0.5) is 0 Å². The second kappa shape index (κ2) is 5.81. The van der Waals surface area contributed by atoms with Gasteiger partial charge in [0.15, 0.2) is 0 Å². The van der Waals surface area contributed by atoms with Crippen molar-refractivity contribution in [3.05, 3.63) is 11.4 Å². The van der Waals surface area contributed by atoms with Crippen LogP contribution in [0.2, 0.25) is 0 Å². The zero-order valence-corrected chi connectivity index (χ0v) is 12.2. The first kappa shape index (κ1) is 15.1. The normalized spacial score (nSPS) is 12.6. The molecule has 0 unspecified atom stereocenters. The molecule has 1 aromatic heterocycles. The number of aromatic amines is 1. The van der Waals surface area contributed by atoms with Gasteiger partial charge < -0.3 is 5.73 Å². The molecule has 0 aliphatic heterocycles. The van der Waals surface area contributed by atoms with Crippen LogP contribution in [-0.4, -0.2) is 35.5 Å².